The molecule has 1 aromatic rings. The molecular weight excluding hydrogens is 176 g/mol. The summed E-state index contributed by atoms with van der Waals surface area (Å²) in [5, 5.41) is 9.26. The monoisotopic (exact) mass is 196 g/mol. The van der Waals surface area contributed by atoms with Gasteiger partial charge in [-0.1, -0.05) is 26.5 Å². The average Bonchev–Trinajstić information content (AvgIpc) is 2.14. The minimum atomic E-state index is -0.361. The van der Waals surface area contributed by atoms with Crippen LogP contribution in [0.25, 0.3) is 0 Å². The molecule has 0 aliphatic rings. The number of rotatable bonds is 4. The summed E-state index contributed by atoms with van der Waals surface area (Å²) >= 11 is 0. The summed E-state index contributed by atoms with van der Waals surface area (Å²) < 4.78 is 5.39. The minimum absolute atomic E-state index is 0. The van der Waals surface area contributed by atoms with E-state index in [1.807, 2.05) is 38.1 Å². The van der Waals surface area contributed by atoms with Crippen molar-refractivity contribution in [3.63, 3.8) is 0 Å². The highest BCUT2D eigenvalue weighted by molar-refractivity contribution is 5.27. The van der Waals surface area contributed by atoms with Gasteiger partial charge in [0.1, 0.15) is 12.4 Å². The summed E-state index contributed by atoms with van der Waals surface area (Å²) in [4.78, 5) is 0. The van der Waals surface area contributed by atoms with Crippen molar-refractivity contribution in [2.75, 3.05) is 6.61 Å². The zero-order valence-corrected chi connectivity index (χ0v) is 8.16. The Morgan fingerprint density at radius 2 is 2.14 bits per heavy atom. The molecule has 0 radical (unpaired) electrons. The number of hydrogen-bond donors (Lipinski definition) is 1. The zero-order valence-electron chi connectivity index (χ0n) is 8.16. The molecule has 2 nitrogen and oxygen atoms in total. The van der Waals surface area contributed by atoms with Gasteiger partial charge < -0.3 is 9.84 Å². The zero-order chi connectivity index (χ0) is 9.68. The van der Waals surface area contributed by atoms with Crippen LogP contribution in [0, 0.1) is 6.92 Å². The summed E-state index contributed by atoms with van der Waals surface area (Å²) in [5.41, 5.74) is 1.17. The Kier molecular flexibility index (Phi) is 5.97. The lowest BCUT2D eigenvalue weighted by molar-refractivity contribution is 0.104. The quantitative estimate of drug-likeness (QED) is 0.802. The fraction of sp³-hybridized carbons (Fsp3) is 0.500. The Morgan fingerprint density at radius 1 is 1.43 bits per heavy atom. The molecule has 2 heteroatoms. The molecular formula is C12H20O2. The second kappa shape index (κ2) is 6.44. The Morgan fingerprint density at radius 3 is 2.71 bits per heavy atom. The first-order valence-electron chi connectivity index (χ1n) is 4.60. The maximum Gasteiger partial charge on any atom is 0.119 e. The SMILES string of the molecule is C.CCC(O)COc1cccc(C)c1. The van der Waals surface area contributed by atoms with E-state index in [0.29, 0.717) is 6.61 Å². The molecule has 0 aromatic heterocycles. The van der Waals surface area contributed by atoms with Crippen LogP contribution in [-0.2, 0) is 0 Å². The van der Waals surface area contributed by atoms with Crippen molar-refractivity contribution in [1.29, 1.82) is 0 Å². The van der Waals surface area contributed by atoms with Gasteiger partial charge in [-0.25, -0.2) is 0 Å². The van der Waals surface area contributed by atoms with Crippen molar-refractivity contribution in [2.45, 2.75) is 33.8 Å². The summed E-state index contributed by atoms with van der Waals surface area (Å²) in [6.45, 7) is 4.33. The summed E-state index contributed by atoms with van der Waals surface area (Å²) in [6, 6.07) is 7.82. The molecule has 0 spiro atoms. The average molecular weight is 196 g/mol. The highest BCUT2D eigenvalue weighted by Crippen LogP contribution is 2.12. The molecule has 0 amide bonds. The molecule has 1 rings (SSSR count). The standard InChI is InChI=1S/C11H16O2.CH4/c1-3-10(12)8-13-11-6-4-5-9(2)7-11;/h4-7,10,12H,3,8H2,1-2H3;1H4. The van der Waals surface area contributed by atoms with Crippen LogP contribution >= 0.6 is 0 Å². The Balaban J connectivity index is 0.00000169. The lowest BCUT2D eigenvalue weighted by Gasteiger charge is -2.10. The van der Waals surface area contributed by atoms with Crippen molar-refractivity contribution in [3.8, 4) is 5.75 Å². The maximum absolute atomic E-state index is 9.26. The van der Waals surface area contributed by atoms with Crippen LogP contribution in [0.15, 0.2) is 24.3 Å². The molecule has 0 aliphatic carbocycles. The topological polar surface area (TPSA) is 29.5 Å². The van der Waals surface area contributed by atoms with E-state index in [-0.39, 0.29) is 13.5 Å². The fourth-order valence-corrected chi connectivity index (χ4v) is 1.02. The van der Waals surface area contributed by atoms with Gasteiger partial charge in [0.2, 0.25) is 0 Å². The van der Waals surface area contributed by atoms with Gasteiger partial charge in [0.15, 0.2) is 0 Å². The normalized spacial score (nSPS) is 11.6. The molecule has 0 saturated heterocycles. The molecule has 80 valence electrons. The van der Waals surface area contributed by atoms with Crippen LogP contribution in [0.3, 0.4) is 0 Å². The number of benzene rings is 1. The maximum atomic E-state index is 9.26. The smallest absolute Gasteiger partial charge is 0.119 e. The highest BCUT2D eigenvalue weighted by atomic mass is 16.5. The first-order chi connectivity index (χ1) is 6.22. The van der Waals surface area contributed by atoms with Crippen LogP contribution in [0.4, 0.5) is 0 Å². The molecule has 1 aromatic carbocycles. The van der Waals surface area contributed by atoms with Crippen LogP contribution in [0.2, 0.25) is 0 Å². The Hall–Kier alpha value is -1.02. The number of aryl methyl sites for hydroxylation is 1. The van der Waals surface area contributed by atoms with Crippen molar-refractivity contribution in [3.05, 3.63) is 29.8 Å². The van der Waals surface area contributed by atoms with Crippen molar-refractivity contribution in [1.82, 2.24) is 0 Å². The van der Waals surface area contributed by atoms with E-state index in [1.54, 1.807) is 0 Å². The molecule has 0 aliphatic heterocycles. The molecule has 0 bridgehead atoms. The molecule has 0 heterocycles. The molecule has 1 atom stereocenters. The largest absolute Gasteiger partial charge is 0.491 e. The summed E-state index contributed by atoms with van der Waals surface area (Å²) in [7, 11) is 0. The van der Waals surface area contributed by atoms with Gasteiger partial charge >= 0.3 is 0 Å². The van der Waals surface area contributed by atoms with Crippen molar-refractivity contribution in [2.24, 2.45) is 0 Å². The second-order valence-electron chi connectivity index (χ2n) is 3.19. The summed E-state index contributed by atoms with van der Waals surface area (Å²) in [5.74, 6) is 0.826. The van der Waals surface area contributed by atoms with Gasteiger partial charge in [-0.05, 0) is 31.0 Å². The van der Waals surface area contributed by atoms with Crippen molar-refractivity contribution >= 4 is 0 Å². The van der Waals surface area contributed by atoms with Crippen LogP contribution in [0.5, 0.6) is 5.75 Å². The minimum Gasteiger partial charge on any atom is -0.491 e. The van der Waals surface area contributed by atoms with Crippen molar-refractivity contribution < 1.29 is 9.84 Å². The van der Waals surface area contributed by atoms with E-state index >= 15 is 0 Å². The van der Waals surface area contributed by atoms with Gasteiger partial charge in [0.25, 0.3) is 0 Å². The van der Waals surface area contributed by atoms with Gasteiger partial charge in [0.05, 0.1) is 6.10 Å². The predicted molar refractivity (Wildman–Crippen MR) is 59.7 cm³/mol. The lowest BCUT2D eigenvalue weighted by atomic mass is 10.2. The number of aliphatic hydroxyl groups is 1. The number of hydrogen-bond acceptors (Lipinski definition) is 2. The van der Waals surface area contributed by atoms with E-state index in [2.05, 4.69) is 0 Å². The predicted octanol–water partition coefficient (Wildman–Crippen LogP) is 2.78. The van der Waals surface area contributed by atoms with Crippen LogP contribution in [-0.4, -0.2) is 17.8 Å². The second-order valence-corrected chi connectivity index (χ2v) is 3.19. The fourth-order valence-electron chi connectivity index (χ4n) is 1.02. The van der Waals surface area contributed by atoms with Gasteiger partial charge in [-0.15, -0.1) is 0 Å². The van der Waals surface area contributed by atoms with E-state index < -0.39 is 0 Å². The van der Waals surface area contributed by atoms with Crippen LogP contribution < -0.4 is 4.74 Å². The molecule has 1 unspecified atom stereocenters. The number of ether oxygens (including phenoxy) is 1. The third-order valence-corrected chi connectivity index (χ3v) is 1.90. The van der Waals surface area contributed by atoms with Crippen LogP contribution in [0.1, 0.15) is 26.3 Å². The van der Waals surface area contributed by atoms with Gasteiger partial charge in [-0.2, -0.15) is 0 Å². The Labute approximate surface area is 86.5 Å². The van der Waals surface area contributed by atoms with E-state index in [9.17, 15) is 5.11 Å². The third-order valence-electron chi connectivity index (χ3n) is 1.90. The molecule has 1 N–H and O–H groups in total. The highest BCUT2D eigenvalue weighted by Gasteiger charge is 2.01. The summed E-state index contributed by atoms with van der Waals surface area (Å²) in [6.07, 6.45) is 0.367. The van der Waals surface area contributed by atoms with E-state index in [1.165, 1.54) is 5.56 Å². The van der Waals surface area contributed by atoms with Gasteiger partial charge in [-0.3, -0.25) is 0 Å². The van der Waals surface area contributed by atoms with E-state index in [0.717, 1.165) is 12.2 Å². The first kappa shape index (κ1) is 13.0. The molecule has 14 heavy (non-hydrogen) atoms. The number of aliphatic hydroxyl groups excluding tert-OH is 1. The Bertz CT molecular complexity index is 258. The lowest BCUT2D eigenvalue weighted by Crippen LogP contribution is -2.15. The molecule has 0 saturated carbocycles. The van der Waals surface area contributed by atoms with E-state index in [4.69, 9.17) is 4.74 Å². The molecule has 0 fully saturated rings. The first-order valence-corrected chi connectivity index (χ1v) is 4.60. The third kappa shape index (κ3) is 4.28. The van der Waals surface area contributed by atoms with Gasteiger partial charge in [0, 0.05) is 0 Å².